The molecule has 2 rings (SSSR count). The molecule has 3 N–H and O–H groups in total. The zero-order valence-corrected chi connectivity index (χ0v) is 12.3. The maximum absolute atomic E-state index is 13.3. The normalized spacial score (nSPS) is 10.7. The van der Waals surface area contributed by atoms with Gasteiger partial charge in [0, 0.05) is 6.54 Å². The summed E-state index contributed by atoms with van der Waals surface area (Å²) in [6, 6.07) is 11.5. The highest BCUT2D eigenvalue weighted by Gasteiger charge is 2.06. The van der Waals surface area contributed by atoms with Crippen molar-refractivity contribution in [3.05, 3.63) is 71.3 Å². The average Bonchev–Trinajstić information content (AvgIpc) is 2.55. The van der Waals surface area contributed by atoms with Crippen LogP contribution in [0.25, 0.3) is 6.08 Å². The second kappa shape index (κ2) is 7.93. The van der Waals surface area contributed by atoms with Crippen molar-refractivity contribution in [2.45, 2.75) is 6.61 Å². The molecule has 6 heteroatoms. The van der Waals surface area contributed by atoms with E-state index in [0.29, 0.717) is 5.56 Å². The zero-order valence-electron chi connectivity index (χ0n) is 12.3. The highest BCUT2D eigenvalue weighted by Crippen LogP contribution is 2.17. The van der Waals surface area contributed by atoms with E-state index in [4.69, 9.17) is 10.5 Å². The fourth-order valence-corrected chi connectivity index (χ4v) is 1.81. The second-order valence-electron chi connectivity index (χ2n) is 4.74. The number of carbonyl (C=O) groups excluding carboxylic acids is 1. The van der Waals surface area contributed by atoms with Crippen LogP contribution in [0, 0.1) is 11.6 Å². The van der Waals surface area contributed by atoms with Crippen LogP contribution < -0.4 is 11.1 Å². The molecule has 0 saturated heterocycles. The fourth-order valence-electron chi connectivity index (χ4n) is 1.81. The molecule has 0 spiro atoms. The van der Waals surface area contributed by atoms with Gasteiger partial charge in [-0.15, -0.1) is 0 Å². The number of alkyl carbamates (subject to hydrolysis) is 1. The quantitative estimate of drug-likeness (QED) is 0.830. The molecule has 0 aliphatic carbocycles. The maximum Gasteiger partial charge on any atom is 0.407 e. The molecule has 120 valence electrons. The van der Waals surface area contributed by atoms with Gasteiger partial charge < -0.3 is 15.8 Å². The van der Waals surface area contributed by atoms with E-state index < -0.39 is 23.4 Å². The predicted octanol–water partition coefficient (Wildman–Crippen LogP) is 3.49. The average molecular weight is 318 g/mol. The monoisotopic (exact) mass is 318 g/mol. The van der Waals surface area contributed by atoms with Crippen molar-refractivity contribution in [2.24, 2.45) is 0 Å². The summed E-state index contributed by atoms with van der Waals surface area (Å²) >= 11 is 0. The Balaban J connectivity index is 1.77. The Kier molecular flexibility index (Phi) is 5.68. The van der Waals surface area contributed by atoms with E-state index in [2.05, 4.69) is 5.32 Å². The van der Waals surface area contributed by atoms with E-state index in [9.17, 15) is 13.6 Å². The molecule has 0 bridgehead atoms. The van der Waals surface area contributed by atoms with E-state index in [1.807, 2.05) is 30.3 Å². The van der Waals surface area contributed by atoms with E-state index in [0.717, 1.165) is 17.7 Å². The minimum absolute atomic E-state index is 0.168. The molecule has 0 heterocycles. The number of benzene rings is 2. The van der Waals surface area contributed by atoms with Crippen LogP contribution in [0.1, 0.15) is 11.1 Å². The molecule has 0 fully saturated rings. The van der Waals surface area contributed by atoms with Crippen molar-refractivity contribution in [1.82, 2.24) is 5.32 Å². The Labute approximate surface area is 132 Å². The molecule has 23 heavy (non-hydrogen) atoms. The van der Waals surface area contributed by atoms with Gasteiger partial charge in [-0.3, -0.25) is 0 Å². The van der Waals surface area contributed by atoms with Crippen LogP contribution in [0.2, 0.25) is 0 Å². The van der Waals surface area contributed by atoms with Gasteiger partial charge >= 0.3 is 6.09 Å². The Hall–Kier alpha value is -2.89. The largest absolute Gasteiger partial charge is 0.445 e. The van der Waals surface area contributed by atoms with Crippen molar-refractivity contribution < 1.29 is 18.3 Å². The summed E-state index contributed by atoms with van der Waals surface area (Å²) < 4.78 is 31.5. The number of amides is 1. The highest BCUT2D eigenvalue weighted by atomic mass is 19.1. The van der Waals surface area contributed by atoms with Crippen LogP contribution in [0.4, 0.5) is 19.3 Å². The first-order valence-corrected chi connectivity index (χ1v) is 6.92. The van der Waals surface area contributed by atoms with Gasteiger partial charge in [-0.1, -0.05) is 42.5 Å². The molecule has 0 aromatic heterocycles. The predicted molar refractivity (Wildman–Crippen MR) is 84.4 cm³/mol. The molecule has 0 aliphatic rings. The SMILES string of the molecule is Nc1c(F)cc(C=CCNC(=O)OCc2ccccc2)cc1F. The Morgan fingerprint density at radius 3 is 2.48 bits per heavy atom. The smallest absolute Gasteiger partial charge is 0.407 e. The van der Waals surface area contributed by atoms with Crippen LogP contribution in [0.3, 0.4) is 0 Å². The van der Waals surface area contributed by atoms with Crippen LogP contribution >= 0.6 is 0 Å². The molecule has 1 amide bonds. The standard InChI is InChI=1S/C17H16F2N2O2/c18-14-9-13(10-15(19)16(14)20)7-4-8-21-17(22)23-11-12-5-2-1-3-6-12/h1-7,9-10H,8,11,20H2,(H,21,22). The lowest BCUT2D eigenvalue weighted by molar-refractivity contribution is 0.141. The number of nitrogens with two attached hydrogens (primary N) is 1. The van der Waals surface area contributed by atoms with Gasteiger partial charge in [0.15, 0.2) is 0 Å². The molecule has 0 radical (unpaired) electrons. The summed E-state index contributed by atoms with van der Waals surface area (Å²) in [7, 11) is 0. The van der Waals surface area contributed by atoms with E-state index >= 15 is 0 Å². The molecule has 0 saturated carbocycles. The van der Waals surface area contributed by atoms with Gasteiger partial charge in [-0.05, 0) is 23.3 Å². The molecule has 0 unspecified atom stereocenters. The van der Waals surface area contributed by atoms with Crippen LogP contribution in [0.15, 0.2) is 48.5 Å². The third-order valence-corrected chi connectivity index (χ3v) is 2.99. The van der Waals surface area contributed by atoms with Crippen LogP contribution in [-0.4, -0.2) is 12.6 Å². The Morgan fingerprint density at radius 1 is 1.17 bits per heavy atom. The Morgan fingerprint density at radius 2 is 1.83 bits per heavy atom. The van der Waals surface area contributed by atoms with Crippen molar-refractivity contribution in [1.29, 1.82) is 0 Å². The van der Waals surface area contributed by atoms with E-state index in [1.54, 1.807) is 6.08 Å². The van der Waals surface area contributed by atoms with E-state index in [-0.39, 0.29) is 13.2 Å². The number of nitrogen functional groups attached to an aromatic ring is 1. The minimum Gasteiger partial charge on any atom is -0.445 e. The zero-order chi connectivity index (χ0) is 16.7. The number of anilines is 1. The number of rotatable bonds is 5. The lowest BCUT2D eigenvalue weighted by Crippen LogP contribution is -2.24. The number of carbonyl (C=O) groups is 1. The summed E-state index contributed by atoms with van der Waals surface area (Å²) in [5.74, 6) is -1.64. The van der Waals surface area contributed by atoms with Crippen molar-refractivity contribution >= 4 is 17.9 Å². The fraction of sp³-hybridized carbons (Fsp3) is 0.118. The van der Waals surface area contributed by atoms with Crippen LogP contribution in [-0.2, 0) is 11.3 Å². The van der Waals surface area contributed by atoms with Crippen molar-refractivity contribution in [3.8, 4) is 0 Å². The molecule has 0 atom stereocenters. The number of ether oxygens (including phenoxy) is 1. The first-order chi connectivity index (χ1) is 11.1. The summed E-state index contributed by atoms with van der Waals surface area (Å²) in [5.41, 5.74) is 5.86. The number of hydrogen-bond acceptors (Lipinski definition) is 3. The lowest BCUT2D eigenvalue weighted by atomic mass is 10.1. The highest BCUT2D eigenvalue weighted by molar-refractivity contribution is 5.67. The van der Waals surface area contributed by atoms with Gasteiger partial charge in [-0.2, -0.15) is 0 Å². The maximum atomic E-state index is 13.3. The molecule has 2 aromatic carbocycles. The number of nitrogens with one attached hydrogen (secondary N) is 1. The van der Waals surface area contributed by atoms with Gasteiger partial charge in [0.2, 0.25) is 0 Å². The first-order valence-electron chi connectivity index (χ1n) is 6.92. The van der Waals surface area contributed by atoms with E-state index in [1.165, 1.54) is 6.08 Å². The van der Waals surface area contributed by atoms with Gasteiger partial charge in [0.1, 0.15) is 23.9 Å². The second-order valence-corrected chi connectivity index (χ2v) is 4.74. The summed E-state index contributed by atoms with van der Waals surface area (Å²) in [6.45, 7) is 0.339. The molecule has 0 aliphatic heterocycles. The third-order valence-electron chi connectivity index (χ3n) is 2.99. The first kappa shape index (κ1) is 16.5. The minimum atomic E-state index is -0.820. The van der Waals surface area contributed by atoms with Gasteiger partial charge in [0.05, 0.1) is 0 Å². The molecule has 4 nitrogen and oxygen atoms in total. The van der Waals surface area contributed by atoms with Crippen LogP contribution in [0.5, 0.6) is 0 Å². The lowest BCUT2D eigenvalue weighted by Gasteiger charge is -2.05. The van der Waals surface area contributed by atoms with Crippen molar-refractivity contribution in [2.75, 3.05) is 12.3 Å². The number of halogens is 2. The van der Waals surface area contributed by atoms with Gasteiger partial charge in [0.25, 0.3) is 0 Å². The summed E-state index contributed by atoms with van der Waals surface area (Å²) in [6.07, 6.45) is 2.45. The topological polar surface area (TPSA) is 64.3 Å². The Bertz CT molecular complexity index is 680. The van der Waals surface area contributed by atoms with Crippen molar-refractivity contribution in [3.63, 3.8) is 0 Å². The molecular formula is C17H16F2N2O2. The molecular weight excluding hydrogens is 302 g/mol. The summed E-state index contributed by atoms with van der Waals surface area (Å²) in [5, 5.41) is 2.50. The van der Waals surface area contributed by atoms with Gasteiger partial charge in [-0.25, -0.2) is 13.6 Å². The molecule has 2 aromatic rings. The number of hydrogen-bond donors (Lipinski definition) is 2. The third kappa shape index (κ3) is 5.10. The summed E-state index contributed by atoms with van der Waals surface area (Å²) in [4.78, 5) is 11.5.